The van der Waals surface area contributed by atoms with Gasteiger partial charge in [-0.2, -0.15) is 0 Å². The Bertz CT molecular complexity index is 513. The number of carbonyl (C=O) groups is 2. The average Bonchev–Trinajstić information content (AvgIpc) is 2.45. The summed E-state index contributed by atoms with van der Waals surface area (Å²) in [5.41, 5.74) is 1.05. The van der Waals surface area contributed by atoms with Crippen LogP contribution in [0.5, 0.6) is 5.75 Å². The first-order chi connectivity index (χ1) is 10.3. The molecule has 5 nitrogen and oxygen atoms in total. The molecular weight excluding hydrogens is 282 g/mol. The van der Waals surface area contributed by atoms with E-state index in [1.54, 1.807) is 13.0 Å². The van der Waals surface area contributed by atoms with Gasteiger partial charge in [0.25, 0.3) is 5.91 Å². The lowest BCUT2D eigenvalue weighted by atomic mass is 10.0. The molecule has 122 valence electrons. The number of aryl methyl sites for hydroxylation is 1. The first-order valence-electron chi connectivity index (χ1n) is 7.45. The number of ether oxygens (including phenoxy) is 2. The van der Waals surface area contributed by atoms with Gasteiger partial charge in [-0.25, -0.2) is 4.79 Å². The van der Waals surface area contributed by atoms with Crippen molar-refractivity contribution < 1.29 is 19.1 Å². The summed E-state index contributed by atoms with van der Waals surface area (Å²) in [6.07, 6.45) is -0.170. The molecule has 0 unspecified atom stereocenters. The zero-order chi connectivity index (χ0) is 16.7. The number of carbonyl (C=O) groups excluding carboxylic acids is 2. The summed E-state index contributed by atoms with van der Waals surface area (Å²) in [6.45, 7) is 7.57. The monoisotopic (exact) mass is 307 g/mol. The van der Waals surface area contributed by atoms with Crippen LogP contribution in [0.4, 0.5) is 0 Å². The third-order valence-electron chi connectivity index (χ3n) is 3.18. The molecule has 0 aromatic heterocycles. The quantitative estimate of drug-likeness (QED) is 0.786. The van der Waals surface area contributed by atoms with E-state index in [1.165, 1.54) is 7.11 Å². The second kappa shape index (κ2) is 8.41. The summed E-state index contributed by atoms with van der Waals surface area (Å²) in [4.78, 5) is 23.9. The van der Waals surface area contributed by atoms with Crippen molar-refractivity contribution in [2.75, 3.05) is 7.11 Å². The molecule has 1 N–H and O–H groups in total. The summed E-state index contributed by atoms with van der Waals surface area (Å²) >= 11 is 0. The van der Waals surface area contributed by atoms with E-state index in [0.717, 1.165) is 5.56 Å². The molecule has 0 aliphatic carbocycles. The summed E-state index contributed by atoms with van der Waals surface area (Å²) in [5.74, 6) is 0.112. The lowest BCUT2D eigenvalue weighted by Crippen LogP contribution is -2.47. The van der Waals surface area contributed by atoms with Gasteiger partial charge >= 0.3 is 5.97 Å². The highest BCUT2D eigenvalue weighted by molar-refractivity contribution is 5.86. The van der Waals surface area contributed by atoms with Gasteiger partial charge in [0.05, 0.1) is 7.11 Å². The zero-order valence-electron chi connectivity index (χ0n) is 13.9. The number of esters is 1. The van der Waals surface area contributed by atoms with Crippen LogP contribution in [0, 0.1) is 12.8 Å². The molecular formula is C17H25NO4. The van der Waals surface area contributed by atoms with Gasteiger partial charge in [-0.1, -0.05) is 26.0 Å². The molecule has 0 spiro atoms. The molecule has 1 amide bonds. The topological polar surface area (TPSA) is 64.6 Å². The largest absolute Gasteiger partial charge is 0.481 e. The maximum absolute atomic E-state index is 12.2. The number of amides is 1. The predicted molar refractivity (Wildman–Crippen MR) is 84.7 cm³/mol. The van der Waals surface area contributed by atoms with E-state index < -0.39 is 18.1 Å². The third kappa shape index (κ3) is 5.76. The molecule has 2 atom stereocenters. The van der Waals surface area contributed by atoms with Crippen molar-refractivity contribution in [3.8, 4) is 5.75 Å². The van der Waals surface area contributed by atoms with E-state index in [0.29, 0.717) is 12.2 Å². The zero-order valence-corrected chi connectivity index (χ0v) is 13.9. The highest BCUT2D eigenvalue weighted by Gasteiger charge is 2.25. The second-order valence-electron chi connectivity index (χ2n) is 5.79. The Morgan fingerprint density at radius 3 is 2.45 bits per heavy atom. The predicted octanol–water partition coefficient (Wildman–Crippen LogP) is 2.47. The Morgan fingerprint density at radius 1 is 1.23 bits per heavy atom. The summed E-state index contributed by atoms with van der Waals surface area (Å²) in [6, 6.07) is 6.82. The molecule has 0 radical (unpaired) electrons. The van der Waals surface area contributed by atoms with E-state index in [2.05, 4.69) is 5.32 Å². The van der Waals surface area contributed by atoms with Crippen LogP contribution in [-0.2, 0) is 14.3 Å². The van der Waals surface area contributed by atoms with Gasteiger partial charge in [0, 0.05) is 0 Å². The SMILES string of the molecule is COC(=O)[C@H](CC(C)C)NC(=O)[C@@H](C)Oc1cccc(C)c1. The minimum atomic E-state index is -0.693. The van der Waals surface area contributed by atoms with E-state index in [1.807, 2.05) is 39.0 Å². The van der Waals surface area contributed by atoms with Crippen LogP contribution in [0.1, 0.15) is 32.8 Å². The molecule has 0 saturated heterocycles. The van der Waals surface area contributed by atoms with Crippen LogP contribution >= 0.6 is 0 Å². The summed E-state index contributed by atoms with van der Waals surface area (Å²) in [5, 5.41) is 2.70. The molecule has 1 aromatic rings. The van der Waals surface area contributed by atoms with Crippen LogP contribution in [0.3, 0.4) is 0 Å². The molecule has 0 heterocycles. The number of nitrogens with one attached hydrogen (secondary N) is 1. The minimum Gasteiger partial charge on any atom is -0.481 e. The van der Waals surface area contributed by atoms with Gasteiger partial charge in [0.2, 0.25) is 0 Å². The minimum absolute atomic E-state index is 0.261. The Kier molecular flexibility index (Phi) is 6.89. The number of hydrogen-bond donors (Lipinski definition) is 1. The van der Waals surface area contributed by atoms with Crippen molar-refractivity contribution in [3.63, 3.8) is 0 Å². The Balaban J connectivity index is 2.66. The summed E-state index contributed by atoms with van der Waals surface area (Å²) < 4.78 is 10.3. The van der Waals surface area contributed by atoms with Crippen molar-refractivity contribution >= 4 is 11.9 Å². The Morgan fingerprint density at radius 2 is 1.91 bits per heavy atom. The van der Waals surface area contributed by atoms with Crippen LogP contribution in [0.15, 0.2) is 24.3 Å². The van der Waals surface area contributed by atoms with Crippen LogP contribution in [-0.4, -0.2) is 31.1 Å². The molecule has 0 saturated carbocycles. The molecule has 1 rings (SSSR count). The first-order valence-corrected chi connectivity index (χ1v) is 7.45. The van der Waals surface area contributed by atoms with E-state index in [-0.39, 0.29) is 11.8 Å². The molecule has 5 heteroatoms. The van der Waals surface area contributed by atoms with Gasteiger partial charge in [-0.15, -0.1) is 0 Å². The maximum Gasteiger partial charge on any atom is 0.328 e. The van der Waals surface area contributed by atoms with Crippen molar-refractivity contribution in [2.24, 2.45) is 5.92 Å². The van der Waals surface area contributed by atoms with E-state index >= 15 is 0 Å². The lowest BCUT2D eigenvalue weighted by molar-refractivity contribution is -0.146. The molecule has 1 aromatic carbocycles. The van der Waals surface area contributed by atoms with Gasteiger partial charge < -0.3 is 14.8 Å². The van der Waals surface area contributed by atoms with Crippen LogP contribution < -0.4 is 10.1 Å². The molecule has 0 bridgehead atoms. The van der Waals surface area contributed by atoms with E-state index in [9.17, 15) is 9.59 Å². The fraction of sp³-hybridized carbons (Fsp3) is 0.529. The Hall–Kier alpha value is -2.04. The van der Waals surface area contributed by atoms with Crippen molar-refractivity contribution in [1.82, 2.24) is 5.32 Å². The lowest BCUT2D eigenvalue weighted by Gasteiger charge is -2.21. The van der Waals surface area contributed by atoms with Crippen molar-refractivity contribution in [1.29, 1.82) is 0 Å². The van der Waals surface area contributed by atoms with Crippen LogP contribution in [0.2, 0.25) is 0 Å². The maximum atomic E-state index is 12.2. The fourth-order valence-corrected chi connectivity index (χ4v) is 2.06. The highest BCUT2D eigenvalue weighted by Crippen LogP contribution is 2.14. The highest BCUT2D eigenvalue weighted by atomic mass is 16.5. The number of hydrogen-bond acceptors (Lipinski definition) is 4. The third-order valence-corrected chi connectivity index (χ3v) is 3.18. The number of rotatable bonds is 7. The Labute approximate surface area is 132 Å². The van der Waals surface area contributed by atoms with Gasteiger partial charge in [-0.3, -0.25) is 4.79 Å². The van der Waals surface area contributed by atoms with Crippen LogP contribution in [0.25, 0.3) is 0 Å². The standard InChI is InChI=1S/C17H25NO4/c1-11(2)9-15(17(20)21-5)18-16(19)13(4)22-14-8-6-7-12(3)10-14/h6-8,10-11,13,15H,9H2,1-5H3,(H,18,19)/t13-,15+/m1/s1. The summed E-state index contributed by atoms with van der Waals surface area (Å²) in [7, 11) is 1.31. The molecule has 0 aliphatic rings. The molecule has 0 fully saturated rings. The average molecular weight is 307 g/mol. The van der Waals surface area contributed by atoms with Gasteiger partial charge in [0.15, 0.2) is 6.10 Å². The smallest absolute Gasteiger partial charge is 0.328 e. The molecule has 22 heavy (non-hydrogen) atoms. The van der Waals surface area contributed by atoms with Crippen molar-refractivity contribution in [2.45, 2.75) is 46.3 Å². The van der Waals surface area contributed by atoms with E-state index in [4.69, 9.17) is 9.47 Å². The number of methoxy groups -OCH3 is 1. The molecule has 0 aliphatic heterocycles. The van der Waals surface area contributed by atoms with Gasteiger partial charge in [0.1, 0.15) is 11.8 Å². The van der Waals surface area contributed by atoms with Gasteiger partial charge in [-0.05, 0) is 43.9 Å². The number of benzene rings is 1. The first kappa shape index (κ1) is 18.0. The second-order valence-corrected chi connectivity index (χ2v) is 5.79. The fourth-order valence-electron chi connectivity index (χ4n) is 2.06. The van der Waals surface area contributed by atoms with Crippen molar-refractivity contribution in [3.05, 3.63) is 29.8 Å². The normalized spacial score (nSPS) is 13.4.